The highest BCUT2D eigenvalue weighted by atomic mass is 16.5. The minimum absolute atomic E-state index is 0.185. The lowest BCUT2D eigenvalue weighted by atomic mass is 9.73. The minimum atomic E-state index is -0.289. The maximum Gasteiger partial charge on any atom is 0.226 e. The van der Waals surface area contributed by atoms with Crippen molar-refractivity contribution in [3.05, 3.63) is 35.9 Å². The van der Waals surface area contributed by atoms with Crippen LogP contribution in [-0.4, -0.2) is 49.7 Å². The topological polar surface area (TPSA) is 41.6 Å². The van der Waals surface area contributed by atoms with Gasteiger partial charge in [-0.2, -0.15) is 0 Å². The van der Waals surface area contributed by atoms with E-state index >= 15 is 0 Å². The first-order chi connectivity index (χ1) is 11.5. The van der Waals surface area contributed by atoms with Crippen LogP contribution in [0, 0.1) is 5.41 Å². The molecule has 132 valence electrons. The first-order valence-electron chi connectivity index (χ1n) is 9.16. The van der Waals surface area contributed by atoms with Crippen molar-refractivity contribution in [1.29, 1.82) is 0 Å². The molecule has 0 spiro atoms. The number of hydrogen-bond donors (Lipinski definition) is 1. The zero-order valence-corrected chi connectivity index (χ0v) is 15.0. The molecule has 1 amide bonds. The summed E-state index contributed by atoms with van der Waals surface area (Å²) < 4.78 is 5.82. The summed E-state index contributed by atoms with van der Waals surface area (Å²) in [6, 6.07) is 10.4. The van der Waals surface area contributed by atoms with Crippen molar-refractivity contribution < 1.29 is 9.53 Å². The van der Waals surface area contributed by atoms with Crippen LogP contribution in [0.5, 0.6) is 0 Å². The SMILES string of the molecule is CN1CCC(Cc2ccccc2)(C(=O)NC[C@@]2(C)CCCO2)CC1. The molecule has 1 aromatic carbocycles. The first kappa shape index (κ1) is 17.4. The van der Waals surface area contributed by atoms with Crippen LogP contribution >= 0.6 is 0 Å². The van der Waals surface area contributed by atoms with E-state index in [9.17, 15) is 4.79 Å². The van der Waals surface area contributed by atoms with Crippen LogP contribution in [0.2, 0.25) is 0 Å². The molecule has 0 saturated carbocycles. The van der Waals surface area contributed by atoms with Gasteiger partial charge in [0.2, 0.25) is 5.91 Å². The van der Waals surface area contributed by atoms with Gasteiger partial charge in [0.05, 0.1) is 11.0 Å². The molecule has 0 bridgehead atoms. The van der Waals surface area contributed by atoms with Crippen molar-refractivity contribution in [2.24, 2.45) is 5.41 Å². The lowest BCUT2D eigenvalue weighted by molar-refractivity contribution is -0.135. The van der Waals surface area contributed by atoms with E-state index in [0.717, 1.165) is 51.8 Å². The molecule has 0 radical (unpaired) electrons. The first-order valence-corrected chi connectivity index (χ1v) is 9.16. The average Bonchev–Trinajstić information content (AvgIpc) is 3.03. The Morgan fingerprint density at radius 2 is 1.92 bits per heavy atom. The van der Waals surface area contributed by atoms with Gasteiger partial charge in [-0.3, -0.25) is 4.79 Å². The number of carbonyl (C=O) groups is 1. The number of piperidine rings is 1. The van der Waals surface area contributed by atoms with E-state index in [1.54, 1.807) is 0 Å². The van der Waals surface area contributed by atoms with Crippen molar-refractivity contribution in [1.82, 2.24) is 10.2 Å². The van der Waals surface area contributed by atoms with Crippen LogP contribution in [0.1, 0.15) is 38.2 Å². The van der Waals surface area contributed by atoms with Gasteiger partial charge in [0.15, 0.2) is 0 Å². The third-order valence-corrected chi connectivity index (χ3v) is 5.73. The van der Waals surface area contributed by atoms with E-state index in [1.807, 2.05) is 6.07 Å². The number of nitrogens with zero attached hydrogens (tertiary/aromatic N) is 1. The Bertz CT molecular complexity index is 544. The number of amides is 1. The summed E-state index contributed by atoms with van der Waals surface area (Å²) in [5, 5.41) is 3.23. The van der Waals surface area contributed by atoms with Crippen molar-refractivity contribution in [3.63, 3.8) is 0 Å². The second kappa shape index (κ2) is 7.24. The highest BCUT2D eigenvalue weighted by Gasteiger charge is 2.41. The molecule has 2 aliphatic rings. The fraction of sp³-hybridized carbons (Fsp3) is 0.650. The van der Waals surface area contributed by atoms with Crippen molar-refractivity contribution in [2.75, 3.05) is 33.3 Å². The summed E-state index contributed by atoms with van der Waals surface area (Å²) in [5.74, 6) is 0.205. The maximum absolute atomic E-state index is 13.1. The Hall–Kier alpha value is -1.39. The smallest absolute Gasteiger partial charge is 0.226 e. The molecule has 2 fully saturated rings. The third kappa shape index (κ3) is 3.98. The molecule has 0 unspecified atom stereocenters. The summed E-state index contributed by atoms with van der Waals surface area (Å²) in [7, 11) is 2.14. The molecule has 24 heavy (non-hydrogen) atoms. The van der Waals surface area contributed by atoms with Crippen LogP contribution in [0.15, 0.2) is 30.3 Å². The number of ether oxygens (including phenoxy) is 1. The molecule has 2 heterocycles. The Kier molecular flexibility index (Phi) is 5.26. The normalized spacial score (nSPS) is 27.1. The molecule has 2 aliphatic heterocycles. The second-order valence-electron chi connectivity index (χ2n) is 7.83. The van der Waals surface area contributed by atoms with Crippen LogP contribution in [0.25, 0.3) is 0 Å². The number of hydrogen-bond acceptors (Lipinski definition) is 3. The number of benzene rings is 1. The lowest BCUT2D eigenvalue weighted by Crippen LogP contribution is -2.52. The fourth-order valence-corrected chi connectivity index (χ4v) is 3.95. The van der Waals surface area contributed by atoms with Gasteiger partial charge in [-0.05, 0) is 64.7 Å². The average molecular weight is 330 g/mol. The summed E-state index contributed by atoms with van der Waals surface area (Å²) >= 11 is 0. The van der Waals surface area contributed by atoms with E-state index in [-0.39, 0.29) is 16.9 Å². The maximum atomic E-state index is 13.1. The van der Waals surface area contributed by atoms with Gasteiger partial charge in [0.1, 0.15) is 0 Å². The number of carbonyl (C=O) groups excluding carboxylic acids is 1. The Morgan fingerprint density at radius 1 is 1.21 bits per heavy atom. The monoisotopic (exact) mass is 330 g/mol. The summed E-state index contributed by atoms with van der Waals surface area (Å²) in [4.78, 5) is 15.5. The number of nitrogens with one attached hydrogen (secondary N) is 1. The van der Waals surface area contributed by atoms with E-state index in [4.69, 9.17) is 4.74 Å². The zero-order chi connectivity index (χ0) is 17.0. The van der Waals surface area contributed by atoms with Crippen molar-refractivity contribution in [3.8, 4) is 0 Å². The third-order valence-electron chi connectivity index (χ3n) is 5.73. The van der Waals surface area contributed by atoms with Crippen LogP contribution < -0.4 is 5.32 Å². The molecule has 2 saturated heterocycles. The molecule has 3 rings (SSSR count). The molecule has 0 aromatic heterocycles. The quantitative estimate of drug-likeness (QED) is 0.902. The second-order valence-corrected chi connectivity index (χ2v) is 7.83. The van der Waals surface area contributed by atoms with Gasteiger partial charge < -0.3 is 15.0 Å². The van der Waals surface area contributed by atoms with Gasteiger partial charge in [0, 0.05) is 13.2 Å². The number of rotatable bonds is 5. The van der Waals surface area contributed by atoms with Gasteiger partial charge in [-0.15, -0.1) is 0 Å². The summed E-state index contributed by atoms with van der Waals surface area (Å²) in [6.45, 7) is 5.51. The summed E-state index contributed by atoms with van der Waals surface area (Å²) in [6.07, 6.45) is 4.78. The molecule has 0 aliphatic carbocycles. The van der Waals surface area contributed by atoms with Crippen molar-refractivity contribution >= 4 is 5.91 Å². The van der Waals surface area contributed by atoms with E-state index in [2.05, 4.69) is 48.5 Å². The Labute approximate surface area is 145 Å². The zero-order valence-electron chi connectivity index (χ0n) is 15.0. The predicted molar refractivity (Wildman–Crippen MR) is 95.9 cm³/mol. The van der Waals surface area contributed by atoms with E-state index < -0.39 is 0 Å². The van der Waals surface area contributed by atoms with Crippen LogP contribution in [0.4, 0.5) is 0 Å². The van der Waals surface area contributed by atoms with Gasteiger partial charge in [-0.25, -0.2) is 0 Å². The fourth-order valence-electron chi connectivity index (χ4n) is 3.95. The lowest BCUT2D eigenvalue weighted by Gasteiger charge is -2.40. The van der Waals surface area contributed by atoms with E-state index in [1.165, 1.54) is 5.56 Å². The molecular weight excluding hydrogens is 300 g/mol. The van der Waals surface area contributed by atoms with E-state index in [0.29, 0.717) is 6.54 Å². The van der Waals surface area contributed by atoms with Crippen LogP contribution in [-0.2, 0) is 16.0 Å². The molecule has 4 heteroatoms. The Morgan fingerprint density at radius 3 is 2.54 bits per heavy atom. The van der Waals surface area contributed by atoms with Gasteiger partial charge >= 0.3 is 0 Å². The highest BCUT2D eigenvalue weighted by Crippen LogP contribution is 2.35. The Balaban J connectivity index is 1.70. The molecule has 1 atom stereocenters. The molecule has 4 nitrogen and oxygen atoms in total. The van der Waals surface area contributed by atoms with Gasteiger partial charge in [-0.1, -0.05) is 30.3 Å². The molecule has 1 N–H and O–H groups in total. The standard InChI is InChI=1S/C20H30N2O2/c1-19(9-6-14-24-19)16-21-18(23)20(10-12-22(2)13-11-20)15-17-7-4-3-5-8-17/h3-5,7-8H,6,9-16H2,1-2H3,(H,21,23)/t19-/m1/s1. The van der Waals surface area contributed by atoms with Crippen LogP contribution in [0.3, 0.4) is 0 Å². The largest absolute Gasteiger partial charge is 0.373 e. The molecular formula is C20H30N2O2. The van der Waals surface area contributed by atoms with Gasteiger partial charge in [0.25, 0.3) is 0 Å². The minimum Gasteiger partial charge on any atom is -0.373 e. The highest BCUT2D eigenvalue weighted by molar-refractivity contribution is 5.83. The van der Waals surface area contributed by atoms with Crippen molar-refractivity contribution in [2.45, 2.75) is 44.6 Å². The summed E-state index contributed by atoms with van der Waals surface area (Å²) in [5.41, 5.74) is 0.776. The predicted octanol–water partition coefficient (Wildman–Crippen LogP) is 2.63. The number of likely N-dealkylation sites (tertiary alicyclic amines) is 1. The molecule has 1 aromatic rings.